The summed E-state index contributed by atoms with van der Waals surface area (Å²) in [6, 6.07) is 206. The minimum atomic E-state index is -0.433. The molecule has 0 saturated carbocycles. The second-order valence-electron chi connectivity index (χ2n) is 38.4. The van der Waals surface area contributed by atoms with E-state index in [2.05, 4.69) is 577 Å². The monoisotopic (exact) mass is 1830 g/mol. The van der Waals surface area contributed by atoms with E-state index in [1.54, 1.807) is 0 Å². The molecule has 144 heavy (non-hydrogen) atoms. The normalized spacial score (nSPS) is 12.7. The summed E-state index contributed by atoms with van der Waals surface area (Å²) in [5.41, 5.74) is 50.8. The standard InChI is InChI=1S/C73H48N2.C67H44N2/c1-3-15-49(16-4-1)53-35-40-58(41-36-53)74(60-44-45-64-63-21-9-13-25-69(63)73(70(64)48-60)67-23-11-7-19-61(67)62-20-8-12-24-68(62)73)59-42-37-54(38-43-59)52-29-27-50(28-30-52)51-31-33-55(34-32-51)56-39-46-72-66(47-56)65-22-10-14-26-71(65)75(72)57-17-5-2-6-18-57;1-3-15-45(16-4-1)47-31-36-52(37-32-47)68(54-40-41-58-57-21-9-13-25-63(57)67(64(58)44-54)61-23-11-7-19-55(61)56-20-8-12-24-62(56)67)53-38-33-48(34-39-53)46-27-29-49(30-28-46)50-35-42-66-60(43-50)59-22-10-14-26-65(59)69(66)51-17-5-2-6-18-51/h1-48H;1-44H. The van der Waals surface area contributed by atoms with Gasteiger partial charge in [0.2, 0.25) is 0 Å². The van der Waals surface area contributed by atoms with Crippen LogP contribution in [0.15, 0.2) is 558 Å². The van der Waals surface area contributed by atoms with E-state index in [4.69, 9.17) is 0 Å². The number of rotatable bonds is 15. The third-order valence-corrected chi connectivity index (χ3v) is 30.9. The van der Waals surface area contributed by atoms with Crippen LogP contribution in [-0.2, 0) is 10.8 Å². The lowest BCUT2D eigenvalue weighted by Crippen LogP contribution is -2.26. The Morgan fingerprint density at radius 1 is 0.125 bits per heavy atom. The number of nitrogens with zero attached hydrogens (tertiary/aromatic N) is 4. The van der Waals surface area contributed by atoms with Crippen molar-refractivity contribution in [3.05, 3.63) is 603 Å². The molecule has 0 aliphatic heterocycles. The van der Waals surface area contributed by atoms with E-state index in [0.717, 1.165) is 34.1 Å². The summed E-state index contributed by atoms with van der Waals surface area (Å²) in [7, 11) is 0. The Balaban J connectivity index is 0.000000141. The highest BCUT2D eigenvalue weighted by Gasteiger charge is 2.54. The van der Waals surface area contributed by atoms with Gasteiger partial charge in [-0.3, -0.25) is 0 Å². The zero-order chi connectivity index (χ0) is 94.9. The second-order valence-corrected chi connectivity index (χ2v) is 38.4. The second kappa shape index (κ2) is 34.1. The molecule has 0 radical (unpaired) electrons. The third kappa shape index (κ3) is 13.4. The number of para-hydroxylation sites is 4. The maximum absolute atomic E-state index is 2.48. The summed E-state index contributed by atoms with van der Waals surface area (Å²) in [4.78, 5) is 4.85. The van der Waals surface area contributed by atoms with Crippen LogP contribution in [0.1, 0.15) is 44.5 Å². The van der Waals surface area contributed by atoms with Gasteiger partial charge in [-0.05, 0) is 300 Å². The molecule has 0 N–H and O–H groups in total. The van der Waals surface area contributed by atoms with Gasteiger partial charge in [-0.2, -0.15) is 0 Å². The molecule has 2 spiro atoms. The van der Waals surface area contributed by atoms with E-state index in [9.17, 15) is 0 Å². The first-order valence-corrected chi connectivity index (χ1v) is 49.9. The van der Waals surface area contributed by atoms with Crippen molar-refractivity contribution in [3.63, 3.8) is 0 Å². The van der Waals surface area contributed by atoms with Crippen molar-refractivity contribution >= 4 is 77.7 Å². The van der Waals surface area contributed by atoms with Crippen LogP contribution >= 0.6 is 0 Å². The molecule has 4 aliphatic carbocycles. The van der Waals surface area contributed by atoms with E-state index in [0.29, 0.717) is 0 Å². The molecule has 2 aromatic heterocycles. The number of hydrogen-bond donors (Lipinski definition) is 0. The molecule has 25 aromatic rings. The molecule has 4 aliphatic rings. The molecule has 0 atom stereocenters. The van der Waals surface area contributed by atoms with Gasteiger partial charge in [0.15, 0.2) is 0 Å². The van der Waals surface area contributed by atoms with Gasteiger partial charge in [0, 0.05) is 67.0 Å². The average molecular weight is 1830 g/mol. The molecule has 2 heterocycles. The van der Waals surface area contributed by atoms with Gasteiger partial charge in [-0.1, -0.05) is 425 Å². The lowest BCUT2D eigenvalue weighted by atomic mass is 9.70. The Morgan fingerprint density at radius 3 is 0.597 bits per heavy atom. The van der Waals surface area contributed by atoms with Crippen molar-refractivity contribution in [2.45, 2.75) is 10.8 Å². The molecule has 0 unspecified atom stereocenters. The van der Waals surface area contributed by atoms with E-state index < -0.39 is 10.8 Å². The Bertz CT molecular complexity index is 9180. The van der Waals surface area contributed by atoms with Gasteiger partial charge < -0.3 is 18.9 Å². The first-order chi connectivity index (χ1) is 71.4. The average Bonchev–Trinajstić information content (AvgIpc) is 1.51. The van der Waals surface area contributed by atoms with Crippen LogP contribution in [0.2, 0.25) is 0 Å². The van der Waals surface area contributed by atoms with Gasteiger partial charge in [0.1, 0.15) is 0 Å². The molecule has 29 rings (SSSR count). The Kier molecular flexibility index (Phi) is 19.8. The highest BCUT2D eigenvalue weighted by molar-refractivity contribution is 6.12. The van der Waals surface area contributed by atoms with Crippen molar-refractivity contribution in [3.8, 4) is 134 Å². The molecule has 672 valence electrons. The summed E-state index contributed by atoms with van der Waals surface area (Å²) >= 11 is 0. The molecule has 0 bridgehead atoms. The summed E-state index contributed by atoms with van der Waals surface area (Å²) in [6.45, 7) is 0. The van der Waals surface area contributed by atoms with Crippen LogP contribution in [-0.4, -0.2) is 9.13 Å². The van der Waals surface area contributed by atoms with Crippen molar-refractivity contribution in [2.75, 3.05) is 9.80 Å². The zero-order valence-electron chi connectivity index (χ0n) is 78.9. The zero-order valence-corrected chi connectivity index (χ0v) is 78.9. The molecule has 0 amide bonds. The van der Waals surface area contributed by atoms with Crippen LogP contribution in [0.25, 0.3) is 177 Å². The van der Waals surface area contributed by atoms with Crippen LogP contribution in [0.5, 0.6) is 0 Å². The topological polar surface area (TPSA) is 16.3 Å². The number of fused-ring (bicyclic) bond motifs is 26. The Labute approximate surface area is 837 Å². The summed E-state index contributed by atoms with van der Waals surface area (Å²) in [6.07, 6.45) is 0. The summed E-state index contributed by atoms with van der Waals surface area (Å²) in [5, 5.41) is 5.04. The van der Waals surface area contributed by atoms with E-state index in [-0.39, 0.29) is 0 Å². The Hall–Kier alpha value is -18.7. The van der Waals surface area contributed by atoms with E-state index in [1.807, 2.05) is 0 Å². The lowest BCUT2D eigenvalue weighted by molar-refractivity contribution is 0.793. The maximum atomic E-state index is 2.48. The fourth-order valence-electron chi connectivity index (χ4n) is 24.4. The maximum Gasteiger partial charge on any atom is 0.0726 e. The fourth-order valence-corrected chi connectivity index (χ4v) is 24.4. The summed E-state index contributed by atoms with van der Waals surface area (Å²) < 4.78 is 4.74. The van der Waals surface area contributed by atoms with Crippen molar-refractivity contribution in [2.24, 2.45) is 0 Å². The first kappa shape index (κ1) is 83.4. The number of aromatic nitrogens is 2. The molecule has 0 saturated heterocycles. The third-order valence-electron chi connectivity index (χ3n) is 30.9. The van der Waals surface area contributed by atoms with E-state index in [1.165, 1.54) is 222 Å². The van der Waals surface area contributed by atoms with Crippen molar-refractivity contribution in [1.29, 1.82) is 0 Å². The smallest absolute Gasteiger partial charge is 0.0726 e. The predicted octanol–water partition coefficient (Wildman–Crippen LogP) is 36.9. The SMILES string of the molecule is c1ccc(-c2ccc(N(c3ccc(-c4ccc(-c5ccc(-c6ccc7c(c6)c6ccccc6n7-c6ccccc6)cc5)cc4)cc3)c3ccc4c(c3)C3(c5ccccc5-c5ccccc53)c3ccccc3-4)cc2)cc1.c1ccc(-c2ccc(N(c3ccc(-c4ccc(-c5ccc6c(c5)c5ccccc5n6-c5ccccc5)cc4)cc3)c3ccc4c(c3)C3(c5ccccc5-c5ccccc53)c3ccccc3-4)cc2)cc1. The number of hydrogen-bond acceptors (Lipinski definition) is 2. The first-order valence-electron chi connectivity index (χ1n) is 49.9. The van der Waals surface area contributed by atoms with Gasteiger partial charge in [0.25, 0.3) is 0 Å². The molecule has 23 aromatic carbocycles. The Morgan fingerprint density at radius 2 is 0.319 bits per heavy atom. The lowest BCUT2D eigenvalue weighted by Gasteiger charge is -2.32. The highest BCUT2D eigenvalue weighted by atomic mass is 15.1. The fraction of sp³-hybridized carbons (Fsp3) is 0.0143. The molecular weight excluding hydrogens is 1740 g/mol. The van der Waals surface area contributed by atoms with Crippen molar-refractivity contribution < 1.29 is 0 Å². The highest BCUT2D eigenvalue weighted by Crippen LogP contribution is 2.66. The number of benzene rings is 23. The van der Waals surface area contributed by atoms with Gasteiger partial charge in [-0.15, -0.1) is 0 Å². The van der Waals surface area contributed by atoms with Crippen LogP contribution in [0, 0.1) is 0 Å². The van der Waals surface area contributed by atoms with Crippen LogP contribution in [0.4, 0.5) is 34.1 Å². The predicted molar refractivity (Wildman–Crippen MR) is 602 cm³/mol. The summed E-state index contributed by atoms with van der Waals surface area (Å²) in [5.74, 6) is 0. The molecule has 4 nitrogen and oxygen atoms in total. The molecule has 0 fully saturated rings. The quantitative estimate of drug-likeness (QED) is 0.102. The van der Waals surface area contributed by atoms with E-state index >= 15 is 0 Å². The number of anilines is 6. The van der Waals surface area contributed by atoms with Crippen LogP contribution in [0.3, 0.4) is 0 Å². The van der Waals surface area contributed by atoms with Gasteiger partial charge in [-0.25, -0.2) is 0 Å². The van der Waals surface area contributed by atoms with Gasteiger partial charge in [0.05, 0.1) is 32.9 Å². The van der Waals surface area contributed by atoms with Crippen molar-refractivity contribution in [1.82, 2.24) is 9.13 Å². The molecular formula is C140H92N4. The largest absolute Gasteiger partial charge is 0.310 e. The van der Waals surface area contributed by atoms with Crippen LogP contribution < -0.4 is 9.80 Å². The minimum absolute atomic E-state index is 0.430. The minimum Gasteiger partial charge on any atom is -0.310 e. The van der Waals surface area contributed by atoms with Gasteiger partial charge >= 0.3 is 0 Å². The molecule has 4 heteroatoms.